The lowest BCUT2D eigenvalue weighted by Crippen LogP contribution is -2.39. The van der Waals surface area contributed by atoms with Gasteiger partial charge in [-0.05, 0) is 66.6 Å². The monoisotopic (exact) mass is 533 g/mol. The van der Waals surface area contributed by atoms with Gasteiger partial charge in [0.1, 0.15) is 12.3 Å². The molecule has 0 aliphatic heterocycles. The second kappa shape index (κ2) is 12.6. The predicted molar refractivity (Wildman–Crippen MR) is 140 cm³/mol. The van der Waals surface area contributed by atoms with E-state index in [1.165, 1.54) is 36.5 Å². The number of sulfonamides is 1. The minimum atomic E-state index is -4.08. The summed E-state index contributed by atoms with van der Waals surface area (Å²) < 4.78 is 33.2. The molecule has 184 valence electrons. The topological polar surface area (TPSA) is 88.1 Å². The van der Waals surface area contributed by atoms with E-state index in [4.69, 9.17) is 27.9 Å². The van der Waals surface area contributed by atoms with Crippen LogP contribution in [0, 0.1) is 0 Å². The molecule has 10 heteroatoms. The van der Waals surface area contributed by atoms with Gasteiger partial charge in [-0.1, -0.05) is 54.7 Å². The van der Waals surface area contributed by atoms with Crippen LogP contribution >= 0.6 is 23.2 Å². The Balaban J connectivity index is 1.73. The first-order valence-corrected chi connectivity index (χ1v) is 13.1. The third kappa shape index (κ3) is 7.71. The molecule has 0 saturated carbocycles. The number of carbonyl (C=O) groups excluding carboxylic acids is 1. The van der Waals surface area contributed by atoms with Crippen LogP contribution in [0.15, 0.2) is 82.8 Å². The first-order valence-electron chi connectivity index (χ1n) is 10.9. The zero-order chi connectivity index (χ0) is 25.3. The summed E-state index contributed by atoms with van der Waals surface area (Å²) in [5, 5.41) is 4.42. The Hall–Kier alpha value is -3.07. The summed E-state index contributed by atoms with van der Waals surface area (Å²) >= 11 is 12.2. The molecule has 0 fully saturated rings. The van der Waals surface area contributed by atoms with E-state index in [-0.39, 0.29) is 20.6 Å². The highest BCUT2D eigenvalue weighted by Gasteiger charge is 2.27. The van der Waals surface area contributed by atoms with Crippen molar-refractivity contribution < 1.29 is 17.9 Å². The van der Waals surface area contributed by atoms with E-state index in [2.05, 4.69) is 17.5 Å². The van der Waals surface area contributed by atoms with E-state index in [1.54, 1.807) is 30.3 Å². The van der Waals surface area contributed by atoms with Crippen molar-refractivity contribution in [1.29, 1.82) is 0 Å². The number of nitrogens with zero attached hydrogens (tertiary/aromatic N) is 2. The van der Waals surface area contributed by atoms with Gasteiger partial charge in [0.15, 0.2) is 0 Å². The maximum absolute atomic E-state index is 13.3. The summed E-state index contributed by atoms with van der Waals surface area (Å²) in [5.41, 5.74) is 3.26. The van der Waals surface area contributed by atoms with Gasteiger partial charge in [0.2, 0.25) is 0 Å². The van der Waals surface area contributed by atoms with E-state index in [0.29, 0.717) is 6.61 Å². The van der Waals surface area contributed by atoms with Crippen LogP contribution in [0.2, 0.25) is 10.0 Å². The summed E-state index contributed by atoms with van der Waals surface area (Å²) in [6, 6.07) is 19.3. The standard InChI is InChI=1S/C25H25Cl2N3O4S/c1-2-3-13-34-23-11-9-19(10-12-23)17-28-29-25(31)18-30(22-15-20(26)14-21(27)16-22)35(32,33)24-7-5-4-6-8-24/h4-12,14-17H,2-3,13,18H2,1H3,(H,29,31)/b28-17-. The van der Waals surface area contributed by atoms with Crippen molar-refractivity contribution in [2.24, 2.45) is 5.10 Å². The largest absolute Gasteiger partial charge is 0.494 e. The average Bonchev–Trinajstić information content (AvgIpc) is 2.83. The molecule has 3 rings (SSSR count). The highest BCUT2D eigenvalue weighted by molar-refractivity contribution is 7.92. The molecule has 0 heterocycles. The Morgan fingerprint density at radius 3 is 2.31 bits per heavy atom. The van der Waals surface area contributed by atoms with Crippen molar-refractivity contribution in [1.82, 2.24) is 5.43 Å². The minimum absolute atomic E-state index is 0.0219. The molecule has 3 aromatic carbocycles. The zero-order valence-electron chi connectivity index (χ0n) is 19.0. The smallest absolute Gasteiger partial charge is 0.264 e. The third-order valence-corrected chi connectivity index (χ3v) is 7.03. The van der Waals surface area contributed by atoms with E-state index in [9.17, 15) is 13.2 Å². The first-order chi connectivity index (χ1) is 16.8. The molecule has 7 nitrogen and oxygen atoms in total. The SMILES string of the molecule is CCCCOc1ccc(/C=N\NC(=O)CN(c2cc(Cl)cc(Cl)c2)S(=O)(=O)c2ccccc2)cc1. The quantitative estimate of drug-likeness (QED) is 0.199. The molecule has 0 radical (unpaired) electrons. The Bertz CT molecular complexity index is 1250. The van der Waals surface area contributed by atoms with Gasteiger partial charge in [0.25, 0.3) is 15.9 Å². The molecular weight excluding hydrogens is 509 g/mol. The molecular formula is C25H25Cl2N3O4S. The maximum atomic E-state index is 13.3. The highest BCUT2D eigenvalue weighted by atomic mass is 35.5. The number of halogens is 2. The summed E-state index contributed by atoms with van der Waals surface area (Å²) in [6.45, 7) is 2.22. The molecule has 0 atom stereocenters. The Morgan fingerprint density at radius 2 is 1.69 bits per heavy atom. The van der Waals surface area contributed by atoms with Crippen LogP contribution in [0.1, 0.15) is 25.3 Å². The van der Waals surface area contributed by atoms with Crippen molar-refractivity contribution >= 4 is 51.0 Å². The second-order valence-electron chi connectivity index (χ2n) is 7.52. The fourth-order valence-electron chi connectivity index (χ4n) is 3.05. The minimum Gasteiger partial charge on any atom is -0.494 e. The second-order valence-corrected chi connectivity index (χ2v) is 10.3. The van der Waals surface area contributed by atoms with Gasteiger partial charge in [-0.15, -0.1) is 0 Å². The molecule has 0 aliphatic carbocycles. The van der Waals surface area contributed by atoms with Crippen molar-refractivity contribution in [2.75, 3.05) is 17.5 Å². The fraction of sp³-hybridized carbons (Fsp3) is 0.200. The van der Waals surface area contributed by atoms with Crippen molar-refractivity contribution in [3.8, 4) is 5.75 Å². The Kier molecular flexibility index (Phi) is 9.54. The van der Waals surface area contributed by atoms with Gasteiger partial charge in [0.05, 0.1) is 23.4 Å². The molecule has 0 saturated heterocycles. The maximum Gasteiger partial charge on any atom is 0.264 e. The summed E-state index contributed by atoms with van der Waals surface area (Å²) in [4.78, 5) is 12.7. The summed E-state index contributed by atoms with van der Waals surface area (Å²) in [7, 11) is -4.08. The first kappa shape index (κ1) is 26.5. The van der Waals surface area contributed by atoms with Gasteiger partial charge in [-0.2, -0.15) is 5.10 Å². The van der Waals surface area contributed by atoms with Crippen LogP contribution < -0.4 is 14.5 Å². The number of carbonyl (C=O) groups is 1. The Morgan fingerprint density at radius 1 is 1.03 bits per heavy atom. The lowest BCUT2D eigenvalue weighted by molar-refractivity contribution is -0.119. The third-order valence-electron chi connectivity index (χ3n) is 4.80. The normalized spacial score (nSPS) is 11.4. The summed E-state index contributed by atoms with van der Waals surface area (Å²) in [5.74, 6) is 0.109. The molecule has 0 aliphatic rings. The number of ether oxygens (including phenoxy) is 1. The zero-order valence-corrected chi connectivity index (χ0v) is 21.4. The fourth-order valence-corrected chi connectivity index (χ4v) is 4.99. The number of hydrogen-bond acceptors (Lipinski definition) is 5. The van der Waals surface area contributed by atoms with Crippen LogP contribution in [-0.4, -0.2) is 33.7 Å². The van der Waals surface area contributed by atoms with Gasteiger partial charge >= 0.3 is 0 Å². The van der Waals surface area contributed by atoms with Gasteiger partial charge < -0.3 is 4.74 Å². The van der Waals surface area contributed by atoms with Crippen molar-refractivity contribution in [2.45, 2.75) is 24.7 Å². The number of hydrazone groups is 1. The van der Waals surface area contributed by atoms with Gasteiger partial charge in [-0.25, -0.2) is 13.8 Å². The number of nitrogens with one attached hydrogen (secondary N) is 1. The molecule has 35 heavy (non-hydrogen) atoms. The van der Waals surface area contributed by atoms with Crippen LogP contribution in [-0.2, 0) is 14.8 Å². The number of hydrogen-bond donors (Lipinski definition) is 1. The number of rotatable bonds is 11. The molecule has 1 N–H and O–H groups in total. The van der Waals surface area contributed by atoms with Crippen LogP contribution in [0.3, 0.4) is 0 Å². The number of unbranched alkanes of at least 4 members (excludes halogenated alkanes) is 1. The van der Waals surface area contributed by atoms with E-state index < -0.39 is 22.5 Å². The van der Waals surface area contributed by atoms with E-state index >= 15 is 0 Å². The summed E-state index contributed by atoms with van der Waals surface area (Å²) in [6.07, 6.45) is 3.49. The molecule has 0 spiro atoms. The molecule has 3 aromatic rings. The van der Waals surface area contributed by atoms with Crippen LogP contribution in [0.5, 0.6) is 5.75 Å². The van der Waals surface area contributed by atoms with Crippen LogP contribution in [0.25, 0.3) is 0 Å². The Labute approximate surface area is 215 Å². The van der Waals surface area contributed by atoms with Gasteiger partial charge in [-0.3, -0.25) is 9.10 Å². The molecule has 0 bridgehead atoms. The average molecular weight is 534 g/mol. The molecule has 1 amide bonds. The van der Waals surface area contributed by atoms with E-state index in [1.807, 2.05) is 12.1 Å². The van der Waals surface area contributed by atoms with E-state index in [0.717, 1.165) is 28.5 Å². The number of benzene rings is 3. The number of amides is 1. The van der Waals surface area contributed by atoms with Crippen molar-refractivity contribution in [3.63, 3.8) is 0 Å². The molecule has 0 unspecified atom stereocenters. The molecule has 0 aromatic heterocycles. The lowest BCUT2D eigenvalue weighted by Gasteiger charge is -2.24. The predicted octanol–water partition coefficient (Wildman–Crippen LogP) is 5.52. The van der Waals surface area contributed by atoms with Crippen molar-refractivity contribution in [3.05, 3.63) is 88.4 Å². The highest BCUT2D eigenvalue weighted by Crippen LogP contribution is 2.29. The van der Waals surface area contributed by atoms with Crippen LogP contribution in [0.4, 0.5) is 5.69 Å². The number of anilines is 1. The lowest BCUT2D eigenvalue weighted by atomic mass is 10.2. The van der Waals surface area contributed by atoms with Gasteiger partial charge in [0, 0.05) is 10.0 Å².